The van der Waals surface area contributed by atoms with Gasteiger partial charge in [0.25, 0.3) is 0 Å². The van der Waals surface area contributed by atoms with E-state index in [0.717, 1.165) is 24.3 Å². The summed E-state index contributed by atoms with van der Waals surface area (Å²) in [6.45, 7) is 6.73. The molecule has 4 heteroatoms. The van der Waals surface area contributed by atoms with Crippen molar-refractivity contribution in [1.82, 2.24) is 15.5 Å². The Morgan fingerprint density at radius 2 is 1.74 bits per heavy atom. The van der Waals surface area contributed by atoms with Gasteiger partial charge < -0.3 is 9.84 Å². The highest BCUT2D eigenvalue weighted by molar-refractivity contribution is 5.86. The van der Waals surface area contributed by atoms with Crippen molar-refractivity contribution in [3.63, 3.8) is 0 Å². The van der Waals surface area contributed by atoms with Gasteiger partial charge in [-0.2, -0.15) is 4.98 Å². The summed E-state index contributed by atoms with van der Waals surface area (Å²) < 4.78 is 5.46. The number of rotatable bonds is 8. The SMILES string of the molecule is CC(C)CCc1nc(-c2ccc(C3CCCC(N[C@H](C)c4cccc5ccccc45)C3)cc2)no1. The summed E-state index contributed by atoms with van der Waals surface area (Å²) in [5, 5.41) is 10.8. The van der Waals surface area contributed by atoms with Crippen molar-refractivity contribution >= 4 is 10.8 Å². The van der Waals surface area contributed by atoms with Crippen LogP contribution in [0, 0.1) is 5.92 Å². The number of hydrogen-bond donors (Lipinski definition) is 1. The number of aromatic nitrogens is 2. The molecule has 182 valence electrons. The maximum absolute atomic E-state index is 5.46. The van der Waals surface area contributed by atoms with Crippen LogP contribution in [0.5, 0.6) is 0 Å². The molecule has 1 saturated carbocycles. The minimum Gasteiger partial charge on any atom is -0.339 e. The van der Waals surface area contributed by atoms with Gasteiger partial charge in [0, 0.05) is 24.1 Å². The summed E-state index contributed by atoms with van der Waals surface area (Å²) in [4.78, 5) is 4.60. The van der Waals surface area contributed by atoms with Crippen molar-refractivity contribution in [3.05, 3.63) is 83.7 Å². The first kappa shape index (κ1) is 23.7. The van der Waals surface area contributed by atoms with Crippen LogP contribution in [-0.4, -0.2) is 16.2 Å². The first-order valence-electron chi connectivity index (χ1n) is 13.2. The Hall–Kier alpha value is -2.98. The van der Waals surface area contributed by atoms with Crippen molar-refractivity contribution < 1.29 is 4.52 Å². The molecule has 0 saturated heterocycles. The third kappa shape index (κ3) is 5.65. The monoisotopic (exact) mass is 467 g/mol. The molecule has 4 aromatic rings. The molecule has 1 aliphatic rings. The number of fused-ring (bicyclic) bond motifs is 1. The van der Waals surface area contributed by atoms with Gasteiger partial charge in [-0.3, -0.25) is 0 Å². The molecule has 5 rings (SSSR count). The van der Waals surface area contributed by atoms with Crippen LogP contribution < -0.4 is 5.32 Å². The van der Waals surface area contributed by atoms with Crippen LogP contribution in [-0.2, 0) is 6.42 Å². The second-order valence-electron chi connectivity index (χ2n) is 10.6. The van der Waals surface area contributed by atoms with Crippen LogP contribution in [0.2, 0.25) is 0 Å². The van der Waals surface area contributed by atoms with E-state index >= 15 is 0 Å². The maximum atomic E-state index is 5.46. The normalized spacial score (nSPS) is 19.3. The Balaban J connectivity index is 1.23. The number of benzene rings is 3. The third-order valence-corrected chi connectivity index (χ3v) is 7.49. The molecule has 0 aliphatic heterocycles. The third-order valence-electron chi connectivity index (χ3n) is 7.49. The molecular formula is C31H37N3O. The van der Waals surface area contributed by atoms with Gasteiger partial charge in [-0.25, -0.2) is 0 Å². The van der Waals surface area contributed by atoms with Crippen LogP contribution in [0.3, 0.4) is 0 Å². The summed E-state index contributed by atoms with van der Waals surface area (Å²) in [7, 11) is 0. The van der Waals surface area contributed by atoms with Crippen molar-refractivity contribution in [2.24, 2.45) is 5.92 Å². The van der Waals surface area contributed by atoms with Crippen LogP contribution in [0.1, 0.15) is 81.9 Å². The van der Waals surface area contributed by atoms with Crippen molar-refractivity contribution in [1.29, 1.82) is 0 Å². The average Bonchev–Trinajstić information content (AvgIpc) is 3.36. The van der Waals surface area contributed by atoms with Gasteiger partial charge in [0.1, 0.15) is 0 Å². The summed E-state index contributed by atoms with van der Waals surface area (Å²) >= 11 is 0. The summed E-state index contributed by atoms with van der Waals surface area (Å²) in [5.41, 5.74) is 3.84. The highest BCUT2D eigenvalue weighted by Gasteiger charge is 2.25. The highest BCUT2D eigenvalue weighted by atomic mass is 16.5. The van der Waals surface area contributed by atoms with Crippen molar-refractivity contribution in [2.75, 3.05) is 0 Å². The lowest BCUT2D eigenvalue weighted by atomic mass is 9.80. The number of aryl methyl sites for hydroxylation is 1. The van der Waals surface area contributed by atoms with E-state index < -0.39 is 0 Å². The molecule has 1 aliphatic carbocycles. The Morgan fingerprint density at radius 3 is 2.57 bits per heavy atom. The minimum absolute atomic E-state index is 0.329. The largest absolute Gasteiger partial charge is 0.339 e. The molecule has 0 spiro atoms. The predicted molar refractivity (Wildman–Crippen MR) is 143 cm³/mol. The minimum atomic E-state index is 0.329. The van der Waals surface area contributed by atoms with E-state index in [4.69, 9.17) is 4.52 Å². The van der Waals surface area contributed by atoms with Gasteiger partial charge in [-0.05, 0) is 66.3 Å². The lowest BCUT2D eigenvalue weighted by molar-refractivity contribution is 0.319. The lowest BCUT2D eigenvalue weighted by Gasteiger charge is -2.32. The topological polar surface area (TPSA) is 51.0 Å². The zero-order valence-electron chi connectivity index (χ0n) is 21.2. The van der Waals surface area contributed by atoms with E-state index in [1.807, 2.05) is 0 Å². The standard InChI is InChI=1S/C31H37N3O/c1-21(2)14-19-30-33-31(34-35-30)25-17-15-23(16-18-25)26-10-6-11-27(20-26)32-22(3)28-13-7-9-24-8-4-5-12-29(24)28/h4-5,7-9,12-13,15-18,21-22,26-27,32H,6,10-11,14,19-20H2,1-3H3/t22-,26?,27?/m1/s1. The Labute approximate surface area is 209 Å². The maximum Gasteiger partial charge on any atom is 0.226 e. The molecule has 35 heavy (non-hydrogen) atoms. The second-order valence-corrected chi connectivity index (χ2v) is 10.6. The molecule has 3 atom stereocenters. The second kappa shape index (κ2) is 10.7. The molecule has 0 amide bonds. The number of nitrogens with one attached hydrogen (secondary N) is 1. The van der Waals surface area contributed by atoms with Crippen LogP contribution in [0.4, 0.5) is 0 Å². The highest BCUT2D eigenvalue weighted by Crippen LogP contribution is 2.35. The molecule has 4 nitrogen and oxygen atoms in total. The van der Waals surface area contributed by atoms with E-state index in [1.165, 1.54) is 47.6 Å². The Kier molecular flexibility index (Phi) is 7.29. The molecule has 1 fully saturated rings. The quantitative estimate of drug-likeness (QED) is 0.287. The van der Waals surface area contributed by atoms with Gasteiger partial charge in [-0.1, -0.05) is 92.2 Å². The molecular weight excluding hydrogens is 430 g/mol. The molecule has 0 bridgehead atoms. The number of nitrogens with zero attached hydrogens (tertiary/aromatic N) is 2. The van der Waals surface area contributed by atoms with E-state index in [-0.39, 0.29) is 0 Å². The van der Waals surface area contributed by atoms with Crippen LogP contribution in [0.15, 0.2) is 71.3 Å². The first-order chi connectivity index (χ1) is 17.1. The van der Waals surface area contributed by atoms with E-state index in [0.29, 0.717) is 29.7 Å². The average molecular weight is 468 g/mol. The van der Waals surface area contributed by atoms with Gasteiger partial charge in [-0.15, -0.1) is 0 Å². The van der Waals surface area contributed by atoms with Crippen LogP contribution >= 0.6 is 0 Å². The molecule has 2 unspecified atom stereocenters. The fourth-order valence-electron chi connectivity index (χ4n) is 5.51. The molecule has 1 N–H and O–H groups in total. The zero-order valence-corrected chi connectivity index (χ0v) is 21.2. The molecule has 1 heterocycles. The molecule has 3 aromatic carbocycles. The van der Waals surface area contributed by atoms with Crippen molar-refractivity contribution in [2.45, 2.75) is 77.3 Å². The lowest BCUT2D eigenvalue weighted by Crippen LogP contribution is -2.35. The zero-order chi connectivity index (χ0) is 24.2. The summed E-state index contributed by atoms with van der Waals surface area (Å²) in [6.07, 6.45) is 6.84. The summed E-state index contributed by atoms with van der Waals surface area (Å²) in [5.74, 6) is 2.65. The fourth-order valence-corrected chi connectivity index (χ4v) is 5.51. The van der Waals surface area contributed by atoms with Crippen molar-refractivity contribution in [3.8, 4) is 11.4 Å². The summed E-state index contributed by atoms with van der Waals surface area (Å²) in [6, 6.07) is 25.0. The van der Waals surface area contributed by atoms with Gasteiger partial charge in [0.15, 0.2) is 0 Å². The first-order valence-corrected chi connectivity index (χ1v) is 13.2. The predicted octanol–water partition coefficient (Wildman–Crippen LogP) is 7.86. The molecule has 0 radical (unpaired) electrons. The van der Waals surface area contributed by atoms with Gasteiger partial charge in [0.05, 0.1) is 0 Å². The Morgan fingerprint density at radius 1 is 0.943 bits per heavy atom. The Bertz CT molecular complexity index is 1240. The van der Waals surface area contributed by atoms with Gasteiger partial charge >= 0.3 is 0 Å². The van der Waals surface area contributed by atoms with E-state index in [9.17, 15) is 0 Å². The fraction of sp³-hybridized carbons (Fsp3) is 0.419. The van der Waals surface area contributed by atoms with Gasteiger partial charge in [0.2, 0.25) is 11.7 Å². The number of hydrogen-bond acceptors (Lipinski definition) is 4. The van der Waals surface area contributed by atoms with Crippen LogP contribution in [0.25, 0.3) is 22.2 Å². The smallest absolute Gasteiger partial charge is 0.226 e. The van der Waals surface area contributed by atoms with E-state index in [2.05, 4.69) is 103 Å². The molecule has 1 aromatic heterocycles. The van der Waals surface area contributed by atoms with E-state index in [1.54, 1.807) is 0 Å².